The Labute approximate surface area is 171 Å². The Morgan fingerprint density at radius 1 is 0.640 bits per heavy atom. The minimum Gasteiger partial charge on any atom is -0.687 e. The Kier molecular flexibility index (Phi) is 14.2. The molecule has 5 heteroatoms. The van der Waals surface area contributed by atoms with E-state index >= 15 is 0 Å². The van der Waals surface area contributed by atoms with Crippen molar-refractivity contribution in [2.75, 3.05) is 6.54 Å². The van der Waals surface area contributed by atoms with E-state index in [2.05, 4.69) is 104 Å². The van der Waals surface area contributed by atoms with Gasteiger partial charge in [-0.05, 0) is 27.0 Å². The first-order valence-electron chi connectivity index (χ1n) is 8.73. The van der Waals surface area contributed by atoms with Crippen molar-refractivity contribution in [3.05, 3.63) is 28.4 Å². The second-order valence-corrected chi connectivity index (χ2v) is 9.89. The summed E-state index contributed by atoms with van der Waals surface area (Å²) in [6, 6.07) is 0. The van der Waals surface area contributed by atoms with Crippen molar-refractivity contribution >= 4 is 26.0 Å². The SMILES string of the molecule is CC(C)(C)N=CC[N-]C(C)(C)C.CC(C)(C)[N-]/C=C\[N-]C(C)(C)C.[Ga+3]. The average Bonchev–Trinajstić information content (AvgIpc) is 2.27. The van der Waals surface area contributed by atoms with Crippen molar-refractivity contribution in [3.63, 3.8) is 0 Å². The number of rotatable bonds is 4. The van der Waals surface area contributed by atoms with E-state index in [-0.39, 0.29) is 41.9 Å². The van der Waals surface area contributed by atoms with Crippen LogP contribution in [0.2, 0.25) is 0 Å². The number of aliphatic imine (C=N–C) groups is 1. The summed E-state index contributed by atoms with van der Waals surface area (Å²) in [5.74, 6) is 0. The molecule has 0 saturated carbocycles. The van der Waals surface area contributed by atoms with Crippen LogP contribution in [0.1, 0.15) is 83.1 Å². The molecule has 0 heterocycles. The van der Waals surface area contributed by atoms with Crippen LogP contribution in [-0.2, 0) is 0 Å². The van der Waals surface area contributed by atoms with E-state index in [1.54, 1.807) is 12.4 Å². The summed E-state index contributed by atoms with van der Waals surface area (Å²) in [4.78, 5) is 4.34. The van der Waals surface area contributed by atoms with Crippen LogP contribution in [0.15, 0.2) is 17.4 Å². The smallest absolute Gasteiger partial charge is 0.687 e. The van der Waals surface area contributed by atoms with Crippen molar-refractivity contribution in [3.8, 4) is 0 Å². The van der Waals surface area contributed by atoms with Gasteiger partial charge in [0.15, 0.2) is 0 Å². The van der Waals surface area contributed by atoms with Crippen LogP contribution < -0.4 is 0 Å². The molecule has 0 aromatic rings. The first-order chi connectivity index (χ1) is 10.4. The molecule has 0 radical (unpaired) electrons. The monoisotopic (exact) mass is 406 g/mol. The Morgan fingerprint density at radius 3 is 1.24 bits per heavy atom. The van der Waals surface area contributed by atoms with Crippen molar-refractivity contribution in [1.82, 2.24) is 0 Å². The van der Waals surface area contributed by atoms with Crippen molar-refractivity contribution in [1.29, 1.82) is 0 Å². The predicted molar refractivity (Wildman–Crippen MR) is 117 cm³/mol. The van der Waals surface area contributed by atoms with E-state index in [1.165, 1.54) is 0 Å². The molecule has 0 rings (SSSR count). The fourth-order valence-corrected chi connectivity index (χ4v) is 1.14. The van der Waals surface area contributed by atoms with E-state index in [1.807, 2.05) is 6.21 Å². The molecule has 4 nitrogen and oxygen atoms in total. The minimum absolute atomic E-state index is 0. The Morgan fingerprint density at radius 2 is 1.00 bits per heavy atom. The second-order valence-electron chi connectivity index (χ2n) is 9.89. The Hall–Kier alpha value is -0.394. The molecule has 0 fully saturated rings. The zero-order valence-electron chi connectivity index (χ0n) is 18.8. The van der Waals surface area contributed by atoms with E-state index in [9.17, 15) is 0 Å². The Balaban J connectivity index is -0.000000372. The zero-order valence-corrected chi connectivity index (χ0v) is 21.2. The van der Waals surface area contributed by atoms with Gasteiger partial charge < -0.3 is 16.0 Å². The maximum atomic E-state index is 4.41. The van der Waals surface area contributed by atoms with Crippen LogP contribution in [-0.4, -0.2) is 54.7 Å². The van der Waals surface area contributed by atoms with Crippen LogP contribution in [0, 0.1) is 0 Å². The van der Waals surface area contributed by atoms with Crippen molar-refractivity contribution in [2.45, 2.75) is 105 Å². The molecule has 0 unspecified atom stereocenters. The quantitative estimate of drug-likeness (QED) is 0.380. The third-order valence-electron chi connectivity index (χ3n) is 2.12. The van der Waals surface area contributed by atoms with E-state index in [0.717, 1.165) is 6.54 Å². The second kappa shape index (κ2) is 12.1. The number of hydrogen-bond acceptors (Lipinski definition) is 1. The summed E-state index contributed by atoms with van der Waals surface area (Å²) in [6.07, 6.45) is 5.43. The third-order valence-corrected chi connectivity index (χ3v) is 2.12. The molecular formula is C20H41GaN4. The molecule has 0 aromatic carbocycles. The van der Waals surface area contributed by atoms with Gasteiger partial charge in [-0.1, -0.05) is 62.3 Å². The van der Waals surface area contributed by atoms with Gasteiger partial charge in [0.1, 0.15) is 0 Å². The molecule has 0 aliphatic carbocycles. The molecule has 0 aromatic heterocycles. The molecular weight excluding hydrogens is 366 g/mol. The molecule has 0 amide bonds. The molecule has 25 heavy (non-hydrogen) atoms. The molecule has 0 atom stereocenters. The Bertz CT molecular complexity index is 356. The third kappa shape index (κ3) is 35.6. The van der Waals surface area contributed by atoms with E-state index < -0.39 is 0 Å². The fraction of sp³-hybridized carbons (Fsp3) is 0.850. The van der Waals surface area contributed by atoms with Crippen LogP contribution in [0.5, 0.6) is 0 Å². The summed E-state index contributed by atoms with van der Waals surface area (Å²) in [5, 5.41) is 13.0. The molecule has 0 aliphatic heterocycles. The minimum atomic E-state index is 0. The standard InChI is InChI=1S/C10H21N2.C10H20N2.Ga/c2*1-9(2,3)11-7-8-12-10(4,5)6;/h7H,8H2,1-6H3;7-8H,1-6H3;/q-1;-2;+3/b;8-7-;. The molecule has 0 aliphatic rings. The molecule has 0 saturated heterocycles. The van der Waals surface area contributed by atoms with Crippen molar-refractivity contribution in [2.24, 2.45) is 4.99 Å². The van der Waals surface area contributed by atoms with Crippen molar-refractivity contribution < 1.29 is 0 Å². The van der Waals surface area contributed by atoms with Gasteiger partial charge in [-0.25, -0.2) is 12.4 Å². The van der Waals surface area contributed by atoms with Gasteiger partial charge in [0.2, 0.25) is 0 Å². The fourth-order valence-electron chi connectivity index (χ4n) is 1.14. The zero-order chi connectivity index (χ0) is 19.7. The first-order valence-corrected chi connectivity index (χ1v) is 8.73. The van der Waals surface area contributed by atoms with Gasteiger partial charge in [0.05, 0.1) is 5.54 Å². The molecule has 0 spiro atoms. The van der Waals surface area contributed by atoms with Gasteiger partial charge in [0.25, 0.3) is 0 Å². The van der Waals surface area contributed by atoms with Crippen LogP contribution in [0.3, 0.4) is 0 Å². The van der Waals surface area contributed by atoms with E-state index in [0.29, 0.717) is 0 Å². The summed E-state index contributed by atoms with van der Waals surface area (Å²) in [6.45, 7) is 25.6. The normalized spacial score (nSPS) is 13.3. The summed E-state index contributed by atoms with van der Waals surface area (Å²) in [5.41, 5.74) is 0.102. The topological polar surface area (TPSA) is 54.7 Å². The largest absolute Gasteiger partial charge is 3.00 e. The molecule has 0 N–H and O–H groups in total. The van der Waals surface area contributed by atoms with Gasteiger partial charge >= 0.3 is 19.8 Å². The van der Waals surface area contributed by atoms with Gasteiger partial charge in [-0.3, -0.25) is 4.99 Å². The van der Waals surface area contributed by atoms with E-state index in [4.69, 9.17) is 0 Å². The molecule has 0 bridgehead atoms. The number of hydrogen-bond donors (Lipinski definition) is 0. The van der Waals surface area contributed by atoms with Crippen LogP contribution in [0.25, 0.3) is 16.0 Å². The first kappa shape index (κ1) is 29.4. The van der Waals surface area contributed by atoms with Gasteiger partial charge in [0, 0.05) is 0 Å². The van der Waals surface area contributed by atoms with Crippen LogP contribution in [0.4, 0.5) is 0 Å². The summed E-state index contributed by atoms with van der Waals surface area (Å²) >= 11 is 0. The summed E-state index contributed by atoms with van der Waals surface area (Å²) in [7, 11) is 0. The number of nitrogens with zero attached hydrogens (tertiary/aromatic N) is 4. The average molecular weight is 407 g/mol. The van der Waals surface area contributed by atoms with Gasteiger partial charge in [-0.2, -0.15) is 0 Å². The van der Waals surface area contributed by atoms with Crippen LogP contribution >= 0.6 is 0 Å². The maximum Gasteiger partial charge on any atom is 3.00 e. The maximum absolute atomic E-state index is 4.41. The molecule has 144 valence electrons. The summed E-state index contributed by atoms with van der Waals surface area (Å²) < 4.78 is 0. The predicted octanol–water partition coefficient (Wildman–Crippen LogP) is 6.45. The van der Waals surface area contributed by atoms with Gasteiger partial charge in [-0.15, -0.1) is 23.2 Å².